The molecule has 0 saturated carbocycles. The van der Waals surface area contributed by atoms with Crippen LogP contribution < -0.4 is 15.4 Å². The molecule has 142 valence electrons. The lowest BCUT2D eigenvalue weighted by Crippen LogP contribution is -2.38. The lowest BCUT2D eigenvalue weighted by atomic mass is 10.1. The minimum atomic E-state index is -0.444. The maximum Gasteiger partial charge on any atom is 0.192 e. The molecule has 0 bridgehead atoms. The summed E-state index contributed by atoms with van der Waals surface area (Å²) >= 11 is 0. The lowest BCUT2D eigenvalue weighted by molar-refractivity contribution is 0.386. The highest BCUT2D eigenvalue weighted by atomic mass is 19.1. The molecule has 0 saturated heterocycles. The minimum absolute atomic E-state index is 0.0698. The number of ether oxygens (including phenoxy) is 1. The molecule has 0 aliphatic rings. The van der Waals surface area contributed by atoms with Gasteiger partial charge >= 0.3 is 0 Å². The van der Waals surface area contributed by atoms with Crippen LogP contribution in [0.1, 0.15) is 36.6 Å². The summed E-state index contributed by atoms with van der Waals surface area (Å²) in [6.45, 7) is 4.45. The Balaban J connectivity index is 2.16. The van der Waals surface area contributed by atoms with Gasteiger partial charge in [0, 0.05) is 12.1 Å². The van der Waals surface area contributed by atoms with Crippen molar-refractivity contribution in [1.29, 1.82) is 5.26 Å². The number of hydrogen-bond acceptors (Lipinski definition) is 3. The summed E-state index contributed by atoms with van der Waals surface area (Å²) in [6, 6.07) is 10.6. The van der Waals surface area contributed by atoms with E-state index in [1.807, 2.05) is 19.9 Å². The molecule has 0 amide bonds. The molecule has 0 heterocycles. The summed E-state index contributed by atoms with van der Waals surface area (Å²) < 4.78 is 32.8. The van der Waals surface area contributed by atoms with Crippen LogP contribution in [0.3, 0.4) is 0 Å². The Hall–Kier alpha value is -3.14. The molecular formula is C20H22F2N4O. The minimum Gasteiger partial charge on any atom is -0.494 e. The number of methoxy groups -OCH3 is 1. The summed E-state index contributed by atoms with van der Waals surface area (Å²) in [7, 11) is 1.41. The molecule has 2 aromatic rings. The molecule has 1 unspecified atom stereocenters. The van der Waals surface area contributed by atoms with E-state index in [0.717, 1.165) is 5.56 Å². The van der Waals surface area contributed by atoms with E-state index in [2.05, 4.69) is 15.6 Å². The van der Waals surface area contributed by atoms with Crippen LogP contribution >= 0.6 is 0 Å². The second kappa shape index (κ2) is 9.53. The number of benzene rings is 2. The predicted octanol–water partition coefficient (Wildman–Crippen LogP) is 3.66. The van der Waals surface area contributed by atoms with Gasteiger partial charge in [-0.15, -0.1) is 0 Å². The number of hydrogen-bond donors (Lipinski definition) is 2. The number of guanidine groups is 1. The molecule has 2 N–H and O–H groups in total. The van der Waals surface area contributed by atoms with Crippen LogP contribution in [-0.2, 0) is 6.54 Å². The van der Waals surface area contributed by atoms with Crippen LogP contribution in [0.5, 0.6) is 5.75 Å². The molecular weight excluding hydrogens is 350 g/mol. The average molecular weight is 372 g/mol. The number of halogens is 2. The van der Waals surface area contributed by atoms with Crippen molar-refractivity contribution in [3.05, 3.63) is 64.7 Å². The van der Waals surface area contributed by atoms with Crippen molar-refractivity contribution in [1.82, 2.24) is 10.6 Å². The molecule has 0 radical (unpaired) electrons. The molecule has 0 aliphatic carbocycles. The lowest BCUT2D eigenvalue weighted by Gasteiger charge is -2.19. The van der Waals surface area contributed by atoms with Crippen LogP contribution in [-0.4, -0.2) is 19.6 Å². The largest absolute Gasteiger partial charge is 0.494 e. The first-order chi connectivity index (χ1) is 13.0. The zero-order valence-corrected chi connectivity index (χ0v) is 15.5. The SMILES string of the molecule is CCNC(=NCc1cc(C#N)ccc1F)NC(C)c1ccc(OC)c(F)c1. The first-order valence-corrected chi connectivity index (χ1v) is 8.55. The van der Waals surface area contributed by atoms with Gasteiger partial charge in [0.05, 0.1) is 31.3 Å². The van der Waals surface area contributed by atoms with Crippen LogP contribution in [0, 0.1) is 23.0 Å². The van der Waals surface area contributed by atoms with Crippen molar-refractivity contribution in [2.24, 2.45) is 4.99 Å². The zero-order valence-electron chi connectivity index (χ0n) is 15.5. The highest BCUT2D eigenvalue weighted by molar-refractivity contribution is 5.80. The van der Waals surface area contributed by atoms with Gasteiger partial charge < -0.3 is 15.4 Å². The molecule has 0 spiro atoms. The summed E-state index contributed by atoms with van der Waals surface area (Å²) in [5.41, 5.74) is 1.42. The third-order valence-corrected chi connectivity index (χ3v) is 3.96. The van der Waals surface area contributed by atoms with E-state index in [1.54, 1.807) is 12.1 Å². The van der Waals surface area contributed by atoms with E-state index in [-0.39, 0.29) is 18.3 Å². The van der Waals surface area contributed by atoms with Gasteiger partial charge in [0.25, 0.3) is 0 Å². The van der Waals surface area contributed by atoms with Crippen LogP contribution in [0.4, 0.5) is 8.78 Å². The van der Waals surface area contributed by atoms with Crippen LogP contribution in [0.25, 0.3) is 0 Å². The summed E-state index contributed by atoms with van der Waals surface area (Å²) in [5, 5.41) is 15.2. The maximum absolute atomic E-state index is 13.9. The zero-order chi connectivity index (χ0) is 19.8. The monoisotopic (exact) mass is 372 g/mol. The second-order valence-corrected chi connectivity index (χ2v) is 5.87. The van der Waals surface area contributed by atoms with E-state index in [9.17, 15) is 8.78 Å². The Morgan fingerprint density at radius 3 is 2.63 bits per heavy atom. The number of nitriles is 1. The molecule has 0 fully saturated rings. The molecule has 5 nitrogen and oxygen atoms in total. The second-order valence-electron chi connectivity index (χ2n) is 5.87. The van der Waals surface area contributed by atoms with Gasteiger partial charge in [-0.2, -0.15) is 5.26 Å². The number of nitrogens with zero attached hydrogens (tertiary/aromatic N) is 2. The van der Waals surface area contributed by atoms with Crippen molar-refractivity contribution in [2.75, 3.05) is 13.7 Å². The molecule has 27 heavy (non-hydrogen) atoms. The van der Waals surface area contributed by atoms with Crippen molar-refractivity contribution < 1.29 is 13.5 Å². The quantitative estimate of drug-likeness (QED) is 0.600. The molecule has 7 heteroatoms. The van der Waals surface area contributed by atoms with E-state index in [1.165, 1.54) is 31.4 Å². The van der Waals surface area contributed by atoms with Gasteiger partial charge in [-0.25, -0.2) is 13.8 Å². The van der Waals surface area contributed by atoms with E-state index in [0.29, 0.717) is 23.6 Å². The summed E-state index contributed by atoms with van der Waals surface area (Å²) in [6.07, 6.45) is 0. The van der Waals surface area contributed by atoms with Crippen LogP contribution in [0.2, 0.25) is 0 Å². The highest BCUT2D eigenvalue weighted by Gasteiger charge is 2.12. The Bertz CT molecular complexity index is 862. The van der Waals surface area contributed by atoms with Crippen molar-refractivity contribution in [2.45, 2.75) is 26.4 Å². The Morgan fingerprint density at radius 1 is 1.22 bits per heavy atom. The normalized spacial score (nSPS) is 12.2. The number of nitrogens with one attached hydrogen (secondary N) is 2. The van der Waals surface area contributed by atoms with E-state index in [4.69, 9.17) is 10.00 Å². The highest BCUT2D eigenvalue weighted by Crippen LogP contribution is 2.21. The summed E-state index contributed by atoms with van der Waals surface area (Å²) in [5.74, 6) is -0.220. The van der Waals surface area contributed by atoms with Gasteiger partial charge in [-0.05, 0) is 49.7 Å². The smallest absolute Gasteiger partial charge is 0.192 e. The molecule has 0 aromatic heterocycles. The van der Waals surface area contributed by atoms with E-state index < -0.39 is 11.6 Å². The van der Waals surface area contributed by atoms with Crippen molar-refractivity contribution in [3.8, 4) is 11.8 Å². The Labute approximate surface area is 157 Å². The third kappa shape index (κ3) is 5.42. The fourth-order valence-corrected chi connectivity index (χ4v) is 2.49. The van der Waals surface area contributed by atoms with Gasteiger partial charge in [0.2, 0.25) is 0 Å². The average Bonchev–Trinajstić information content (AvgIpc) is 2.67. The van der Waals surface area contributed by atoms with Crippen molar-refractivity contribution >= 4 is 5.96 Å². The fourth-order valence-electron chi connectivity index (χ4n) is 2.49. The topological polar surface area (TPSA) is 69.4 Å². The first kappa shape index (κ1) is 20.2. The maximum atomic E-state index is 13.9. The predicted molar refractivity (Wildman–Crippen MR) is 100 cm³/mol. The molecule has 1 atom stereocenters. The Kier molecular flexibility index (Phi) is 7.12. The standard InChI is InChI=1S/C20H22F2N4O/c1-4-24-20(25-12-16-9-14(11-23)5-7-17(16)21)26-13(2)15-6-8-19(27-3)18(22)10-15/h5-10,13H,4,12H2,1-3H3,(H2,24,25,26). The van der Waals surface area contributed by atoms with Gasteiger partial charge in [0.15, 0.2) is 17.5 Å². The van der Waals surface area contributed by atoms with Crippen molar-refractivity contribution in [3.63, 3.8) is 0 Å². The molecule has 2 aromatic carbocycles. The number of rotatable bonds is 6. The van der Waals surface area contributed by atoms with Gasteiger partial charge in [-0.3, -0.25) is 0 Å². The van der Waals surface area contributed by atoms with Gasteiger partial charge in [0.1, 0.15) is 5.82 Å². The Morgan fingerprint density at radius 2 is 2.00 bits per heavy atom. The van der Waals surface area contributed by atoms with Gasteiger partial charge in [-0.1, -0.05) is 6.07 Å². The van der Waals surface area contributed by atoms with Crippen LogP contribution in [0.15, 0.2) is 41.4 Å². The third-order valence-electron chi connectivity index (χ3n) is 3.96. The molecule has 0 aliphatic heterocycles. The molecule has 2 rings (SSSR count). The first-order valence-electron chi connectivity index (χ1n) is 8.55. The van der Waals surface area contributed by atoms with E-state index >= 15 is 0 Å². The summed E-state index contributed by atoms with van der Waals surface area (Å²) in [4.78, 5) is 4.37. The number of aliphatic imine (C=N–C) groups is 1. The fraction of sp³-hybridized carbons (Fsp3) is 0.300.